The van der Waals surface area contributed by atoms with E-state index >= 15 is 0 Å². The molecule has 0 spiro atoms. The SMILES string of the molecule is Cc1ccnc(N2C[C@@H](O)[C@H](N3CCN(Cc4ccc(Cl)cc4)CC3)C2)n1. The van der Waals surface area contributed by atoms with Crippen molar-refractivity contribution in [2.45, 2.75) is 25.6 Å². The van der Waals surface area contributed by atoms with Crippen LogP contribution in [0.15, 0.2) is 36.5 Å². The number of hydrogen-bond acceptors (Lipinski definition) is 6. The average molecular weight is 388 g/mol. The summed E-state index contributed by atoms with van der Waals surface area (Å²) in [5, 5.41) is 11.4. The zero-order valence-electron chi connectivity index (χ0n) is 15.6. The molecule has 0 unspecified atom stereocenters. The lowest BCUT2D eigenvalue weighted by atomic mass is 10.1. The summed E-state index contributed by atoms with van der Waals surface area (Å²) in [7, 11) is 0. The second-order valence-corrected chi connectivity index (χ2v) is 7.91. The maximum absolute atomic E-state index is 10.6. The summed E-state index contributed by atoms with van der Waals surface area (Å²) >= 11 is 5.97. The number of halogens is 1. The Morgan fingerprint density at radius 3 is 2.52 bits per heavy atom. The van der Waals surface area contributed by atoms with Crippen molar-refractivity contribution in [3.05, 3.63) is 52.8 Å². The molecule has 1 aromatic heterocycles. The number of hydrogen-bond donors (Lipinski definition) is 1. The summed E-state index contributed by atoms with van der Waals surface area (Å²) in [4.78, 5) is 15.8. The summed E-state index contributed by atoms with van der Waals surface area (Å²) < 4.78 is 0. The van der Waals surface area contributed by atoms with E-state index in [-0.39, 0.29) is 12.1 Å². The lowest BCUT2D eigenvalue weighted by Crippen LogP contribution is -2.53. The molecule has 7 heteroatoms. The predicted octanol–water partition coefficient (Wildman–Crippen LogP) is 1.81. The Kier molecular flexibility index (Phi) is 5.59. The molecule has 2 atom stereocenters. The Hall–Kier alpha value is -1.73. The van der Waals surface area contributed by atoms with E-state index in [1.807, 2.05) is 25.1 Å². The van der Waals surface area contributed by atoms with Crippen LogP contribution in [0.1, 0.15) is 11.3 Å². The number of aliphatic hydroxyl groups is 1. The number of anilines is 1. The molecule has 0 radical (unpaired) electrons. The van der Waals surface area contributed by atoms with Gasteiger partial charge < -0.3 is 10.0 Å². The highest BCUT2D eigenvalue weighted by Gasteiger charge is 2.37. The third-order valence-electron chi connectivity index (χ3n) is 5.52. The first-order valence-electron chi connectivity index (χ1n) is 9.52. The molecule has 2 aliphatic heterocycles. The van der Waals surface area contributed by atoms with Gasteiger partial charge in [-0.15, -0.1) is 0 Å². The summed E-state index contributed by atoms with van der Waals surface area (Å²) in [6.45, 7) is 8.24. The van der Waals surface area contributed by atoms with Gasteiger partial charge in [0.15, 0.2) is 0 Å². The van der Waals surface area contributed by atoms with Gasteiger partial charge in [0.1, 0.15) is 0 Å². The second kappa shape index (κ2) is 8.10. The lowest BCUT2D eigenvalue weighted by Gasteiger charge is -2.38. The van der Waals surface area contributed by atoms with Gasteiger partial charge in [-0.05, 0) is 30.7 Å². The number of piperazine rings is 1. The van der Waals surface area contributed by atoms with E-state index in [1.54, 1.807) is 6.20 Å². The van der Waals surface area contributed by atoms with Gasteiger partial charge in [0.05, 0.1) is 12.1 Å². The topological polar surface area (TPSA) is 55.7 Å². The van der Waals surface area contributed by atoms with Crippen molar-refractivity contribution in [2.75, 3.05) is 44.2 Å². The molecule has 0 aliphatic carbocycles. The molecule has 0 amide bonds. The molecule has 2 saturated heterocycles. The maximum atomic E-state index is 10.6. The van der Waals surface area contributed by atoms with Gasteiger partial charge in [-0.2, -0.15) is 0 Å². The molecule has 3 heterocycles. The van der Waals surface area contributed by atoms with Crippen molar-refractivity contribution in [1.82, 2.24) is 19.8 Å². The van der Waals surface area contributed by atoms with Crippen LogP contribution in [-0.4, -0.2) is 76.3 Å². The molecule has 1 aromatic carbocycles. The van der Waals surface area contributed by atoms with Crippen molar-refractivity contribution < 1.29 is 5.11 Å². The molecular weight excluding hydrogens is 362 g/mol. The van der Waals surface area contributed by atoms with E-state index < -0.39 is 0 Å². The minimum absolute atomic E-state index is 0.145. The van der Waals surface area contributed by atoms with Crippen molar-refractivity contribution >= 4 is 17.5 Å². The fraction of sp³-hybridized carbons (Fsp3) is 0.500. The molecule has 2 aromatic rings. The zero-order valence-corrected chi connectivity index (χ0v) is 16.4. The smallest absolute Gasteiger partial charge is 0.225 e. The number of aliphatic hydroxyl groups excluding tert-OH is 1. The number of β-amino-alcohol motifs (C(OH)–C–C–N with tert-alkyl or cyclic N) is 1. The fourth-order valence-corrected chi connectivity index (χ4v) is 4.11. The van der Waals surface area contributed by atoms with Gasteiger partial charge in [0.2, 0.25) is 5.95 Å². The first kappa shape index (κ1) is 18.6. The second-order valence-electron chi connectivity index (χ2n) is 7.48. The maximum Gasteiger partial charge on any atom is 0.225 e. The Labute approximate surface area is 165 Å². The number of rotatable bonds is 4. The monoisotopic (exact) mass is 387 g/mol. The summed E-state index contributed by atoms with van der Waals surface area (Å²) in [5.74, 6) is 0.720. The molecule has 4 rings (SSSR count). The summed E-state index contributed by atoms with van der Waals surface area (Å²) in [6, 6.07) is 10.1. The molecule has 6 nitrogen and oxygen atoms in total. The van der Waals surface area contributed by atoms with Crippen LogP contribution in [0.3, 0.4) is 0 Å². The normalized spacial score (nSPS) is 24.5. The third kappa shape index (κ3) is 4.41. The van der Waals surface area contributed by atoms with Crippen LogP contribution < -0.4 is 4.90 Å². The average Bonchev–Trinajstić information content (AvgIpc) is 3.06. The van der Waals surface area contributed by atoms with E-state index in [2.05, 4.69) is 36.8 Å². The molecule has 0 bridgehead atoms. The van der Waals surface area contributed by atoms with Crippen LogP contribution in [0.2, 0.25) is 5.02 Å². The minimum Gasteiger partial charge on any atom is -0.390 e. The van der Waals surface area contributed by atoms with Gasteiger partial charge in [0, 0.05) is 62.7 Å². The van der Waals surface area contributed by atoms with Crippen LogP contribution in [0.25, 0.3) is 0 Å². The van der Waals surface area contributed by atoms with E-state index in [1.165, 1.54) is 5.56 Å². The molecule has 2 fully saturated rings. The predicted molar refractivity (Wildman–Crippen MR) is 107 cm³/mol. The third-order valence-corrected chi connectivity index (χ3v) is 5.77. The van der Waals surface area contributed by atoms with Crippen molar-refractivity contribution in [1.29, 1.82) is 0 Å². The number of nitrogens with zero attached hydrogens (tertiary/aromatic N) is 5. The van der Waals surface area contributed by atoms with Crippen LogP contribution in [0.4, 0.5) is 5.95 Å². The van der Waals surface area contributed by atoms with Crippen molar-refractivity contribution in [2.24, 2.45) is 0 Å². The fourth-order valence-electron chi connectivity index (χ4n) is 3.98. The Morgan fingerprint density at radius 1 is 1.07 bits per heavy atom. The van der Waals surface area contributed by atoms with Gasteiger partial charge in [-0.1, -0.05) is 23.7 Å². The van der Waals surface area contributed by atoms with Crippen molar-refractivity contribution in [3.8, 4) is 0 Å². The van der Waals surface area contributed by atoms with Crippen LogP contribution >= 0.6 is 11.6 Å². The van der Waals surface area contributed by atoms with Crippen LogP contribution in [0.5, 0.6) is 0 Å². The molecule has 27 heavy (non-hydrogen) atoms. The van der Waals surface area contributed by atoms with Crippen LogP contribution in [0, 0.1) is 6.92 Å². The van der Waals surface area contributed by atoms with Gasteiger partial charge in [0.25, 0.3) is 0 Å². The standard InChI is InChI=1S/C20H26ClN5O/c1-15-6-7-22-20(23-15)26-13-18(19(27)14-26)25-10-8-24(9-11-25)12-16-2-4-17(21)5-3-16/h2-7,18-19,27H,8-14H2,1H3/t18-,19-/m1/s1. The first-order valence-corrected chi connectivity index (χ1v) is 9.90. The summed E-state index contributed by atoms with van der Waals surface area (Å²) in [6.07, 6.45) is 1.42. The van der Waals surface area contributed by atoms with Gasteiger partial charge in [-0.3, -0.25) is 9.80 Å². The number of aromatic nitrogens is 2. The first-order chi connectivity index (χ1) is 13.1. The van der Waals surface area contributed by atoms with E-state index in [9.17, 15) is 5.11 Å². The Morgan fingerprint density at radius 2 is 1.81 bits per heavy atom. The lowest BCUT2D eigenvalue weighted by molar-refractivity contribution is 0.0424. The van der Waals surface area contributed by atoms with Crippen LogP contribution in [-0.2, 0) is 6.54 Å². The van der Waals surface area contributed by atoms with Gasteiger partial charge >= 0.3 is 0 Å². The number of aryl methyl sites for hydroxylation is 1. The molecule has 0 saturated carbocycles. The quantitative estimate of drug-likeness (QED) is 0.863. The number of benzene rings is 1. The van der Waals surface area contributed by atoms with Crippen molar-refractivity contribution in [3.63, 3.8) is 0 Å². The highest BCUT2D eigenvalue weighted by Crippen LogP contribution is 2.22. The van der Waals surface area contributed by atoms with Gasteiger partial charge in [-0.25, -0.2) is 9.97 Å². The highest BCUT2D eigenvalue weighted by molar-refractivity contribution is 6.30. The molecule has 2 aliphatic rings. The minimum atomic E-state index is -0.364. The zero-order chi connectivity index (χ0) is 18.8. The molecular formula is C20H26ClN5O. The molecule has 144 valence electrons. The largest absolute Gasteiger partial charge is 0.390 e. The van der Waals surface area contributed by atoms with E-state index in [0.717, 1.165) is 55.9 Å². The van der Waals surface area contributed by atoms with E-state index in [4.69, 9.17) is 11.6 Å². The van der Waals surface area contributed by atoms with E-state index in [0.29, 0.717) is 6.54 Å². The Balaban J connectivity index is 1.32. The molecule has 1 N–H and O–H groups in total. The summed E-state index contributed by atoms with van der Waals surface area (Å²) in [5.41, 5.74) is 2.24. The Bertz CT molecular complexity index is 763. The highest BCUT2D eigenvalue weighted by atomic mass is 35.5.